The minimum absolute atomic E-state index is 0.0614. The Morgan fingerprint density at radius 2 is 2.06 bits per heavy atom. The summed E-state index contributed by atoms with van der Waals surface area (Å²) in [6.07, 6.45) is 1.07. The molecule has 0 radical (unpaired) electrons. The van der Waals surface area contributed by atoms with E-state index in [4.69, 9.17) is 5.73 Å². The molecule has 2 rings (SSSR count). The number of anilines is 2. The van der Waals surface area contributed by atoms with Crippen LogP contribution in [-0.2, 0) is 0 Å². The van der Waals surface area contributed by atoms with Crippen molar-refractivity contribution in [2.45, 2.75) is 12.8 Å². The molecule has 1 heterocycles. The number of halogens is 1. The maximum atomic E-state index is 13.4. The van der Waals surface area contributed by atoms with Gasteiger partial charge in [-0.2, -0.15) is 4.98 Å². The minimum Gasteiger partial charge on any atom is -0.368 e. The van der Waals surface area contributed by atoms with E-state index in [0.29, 0.717) is 6.54 Å². The lowest BCUT2D eigenvalue weighted by Crippen LogP contribution is -2.13. The van der Waals surface area contributed by atoms with Crippen molar-refractivity contribution in [1.82, 2.24) is 9.97 Å². The maximum absolute atomic E-state index is 13.4. The van der Waals surface area contributed by atoms with Gasteiger partial charge in [-0.3, -0.25) is 0 Å². The first-order valence-corrected chi connectivity index (χ1v) is 5.73. The van der Waals surface area contributed by atoms with Crippen LogP contribution in [0.3, 0.4) is 0 Å². The summed E-state index contributed by atoms with van der Waals surface area (Å²) < 4.78 is 13.4. The van der Waals surface area contributed by atoms with Gasteiger partial charge in [-0.15, -0.1) is 0 Å². The third kappa shape index (κ3) is 2.94. The van der Waals surface area contributed by atoms with Crippen LogP contribution < -0.4 is 11.1 Å². The summed E-state index contributed by atoms with van der Waals surface area (Å²) in [5, 5.41) is 2.95. The number of nitrogens with one attached hydrogen (secondary N) is 1. The van der Waals surface area contributed by atoms with Crippen LogP contribution in [0.15, 0.2) is 36.5 Å². The van der Waals surface area contributed by atoms with E-state index in [2.05, 4.69) is 22.2 Å². The molecular weight excluding hydrogens is 231 g/mol. The quantitative estimate of drug-likeness (QED) is 0.869. The standard InChI is InChI=1S/C13H15FN4/c1-9(10-5-3-2-4-6-10)7-16-12-11(14)8-17-13(15)18-12/h2-6,8-9H,7H2,1H3,(H3,15,16,17,18). The average molecular weight is 246 g/mol. The molecule has 2 aromatic rings. The van der Waals surface area contributed by atoms with Crippen molar-refractivity contribution in [3.8, 4) is 0 Å². The van der Waals surface area contributed by atoms with E-state index < -0.39 is 5.82 Å². The lowest BCUT2D eigenvalue weighted by atomic mass is 10.0. The highest BCUT2D eigenvalue weighted by Crippen LogP contribution is 2.16. The Bertz CT molecular complexity index is 516. The van der Waals surface area contributed by atoms with Gasteiger partial charge in [0, 0.05) is 6.54 Å². The van der Waals surface area contributed by atoms with E-state index in [0.717, 1.165) is 6.20 Å². The van der Waals surface area contributed by atoms with E-state index in [9.17, 15) is 4.39 Å². The molecule has 0 spiro atoms. The fourth-order valence-electron chi connectivity index (χ4n) is 1.65. The summed E-state index contributed by atoms with van der Waals surface area (Å²) in [4.78, 5) is 7.40. The van der Waals surface area contributed by atoms with Gasteiger partial charge in [0.15, 0.2) is 11.6 Å². The Hall–Kier alpha value is -2.17. The van der Waals surface area contributed by atoms with Crippen LogP contribution in [0.5, 0.6) is 0 Å². The zero-order chi connectivity index (χ0) is 13.0. The molecule has 1 aromatic heterocycles. The molecule has 0 saturated carbocycles. The Labute approximate surface area is 105 Å². The summed E-state index contributed by atoms with van der Waals surface area (Å²) in [5.74, 6) is -0.0391. The summed E-state index contributed by atoms with van der Waals surface area (Å²) in [7, 11) is 0. The predicted octanol–water partition coefficient (Wildman–Crippen LogP) is 2.41. The zero-order valence-electron chi connectivity index (χ0n) is 10.1. The molecule has 1 aromatic carbocycles. The van der Waals surface area contributed by atoms with Crippen molar-refractivity contribution >= 4 is 11.8 Å². The number of aromatic nitrogens is 2. The van der Waals surface area contributed by atoms with Crippen LogP contribution in [0.4, 0.5) is 16.2 Å². The first-order chi connectivity index (χ1) is 8.66. The van der Waals surface area contributed by atoms with Gasteiger partial charge < -0.3 is 11.1 Å². The molecule has 0 fully saturated rings. The molecule has 0 bridgehead atoms. The van der Waals surface area contributed by atoms with Crippen molar-refractivity contribution < 1.29 is 4.39 Å². The SMILES string of the molecule is CC(CNc1nc(N)ncc1F)c1ccccc1. The lowest BCUT2D eigenvalue weighted by molar-refractivity contribution is 0.616. The molecule has 0 aliphatic rings. The fraction of sp³-hybridized carbons (Fsp3) is 0.231. The molecule has 0 amide bonds. The number of hydrogen-bond acceptors (Lipinski definition) is 4. The Morgan fingerprint density at radius 3 is 2.78 bits per heavy atom. The first kappa shape index (κ1) is 12.3. The molecule has 3 N–H and O–H groups in total. The van der Waals surface area contributed by atoms with Crippen molar-refractivity contribution in [3.05, 3.63) is 47.9 Å². The largest absolute Gasteiger partial charge is 0.368 e. The number of nitrogens with zero attached hydrogens (tertiary/aromatic N) is 2. The molecule has 5 heteroatoms. The molecule has 0 saturated heterocycles. The molecule has 0 aliphatic heterocycles. The number of nitrogens with two attached hydrogens (primary N) is 1. The van der Waals surface area contributed by atoms with Gasteiger partial charge in [0.1, 0.15) is 0 Å². The van der Waals surface area contributed by atoms with E-state index in [1.165, 1.54) is 5.56 Å². The van der Waals surface area contributed by atoms with Crippen molar-refractivity contribution in [1.29, 1.82) is 0 Å². The Kier molecular flexibility index (Phi) is 3.72. The molecule has 0 aliphatic carbocycles. The third-order valence-electron chi connectivity index (χ3n) is 2.71. The minimum atomic E-state index is -0.496. The predicted molar refractivity (Wildman–Crippen MR) is 69.7 cm³/mol. The van der Waals surface area contributed by atoms with Gasteiger partial charge in [-0.05, 0) is 11.5 Å². The van der Waals surface area contributed by atoms with Gasteiger partial charge in [-0.1, -0.05) is 37.3 Å². The Morgan fingerprint density at radius 1 is 1.33 bits per heavy atom. The van der Waals surface area contributed by atoms with E-state index in [1.807, 2.05) is 30.3 Å². The zero-order valence-corrected chi connectivity index (χ0v) is 10.1. The second-order valence-electron chi connectivity index (χ2n) is 4.12. The smallest absolute Gasteiger partial charge is 0.222 e. The highest BCUT2D eigenvalue weighted by atomic mass is 19.1. The molecule has 18 heavy (non-hydrogen) atoms. The fourth-order valence-corrected chi connectivity index (χ4v) is 1.65. The highest BCUT2D eigenvalue weighted by Gasteiger charge is 2.08. The van der Waals surface area contributed by atoms with Crippen LogP contribution in [0.25, 0.3) is 0 Å². The van der Waals surface area contributed by atoms with Crippen molar-refractivity contribution in [3.63, 3.8) is 0 Å². The average Bonchev–Trinajstić information content (AvgIpc) is 2.40. The van der Waals surface area contributed by atoms with Gasteiger partial charge in [-0.25, -0.2) is 9.37 Å². The van der Waals surface area contributed by atoms with Gasteiger partial charge in [0.2, 0.25) is 5.95 Å². The topological polar surface area (TPSA) is 63.8 Å². The van der Waals surface area contributed by atoms with E-state index in [-0.39, 0.29) is 17.7 Å². The molecule has 1 atom stereocenters. The maximum Gasteiger partial charge on any atom is 0.222 e. The Balaban J connectivity index is 2.01. The molecule has 94 valence electrons. The van der Waals surface area contributed by atoms with E-state index >= 15 is 0 Å². The summed E-state index contributed by atoms with van der Waals surface area (Å²) >= 11 is 0. The third-order valence-corrected chi connectivity index (χ3v) is 2.71. The van der Waals surface area contributed by atoms with Gasteiger partial charge in [0.05, 0.1) is 6.20 Å². The van der Waals surface area contributed by atoms with Crippen LogP contribution >= 0.6 is 0 Å². The number of rotatable bonds is 4. The highest BCUT2D eigenvalue weighted by molar-refractivity contribution is 5.39. The van der Waals surface area contributed by atoms with Gasteiger partial charge >= 0.3 is 0 Å². The van der Waals surface area contributed by atoms with Crippen LogP contribution in [0.1, 0.15) is 18.4 Å². The van der Waals surface area contributed by atoms with Crippen LogP contribution in [-0.4, -0.2) is 16.5 Å². The number of nitrogen functional groups attached to an aromatic ring is 1. The lowest BCUT2D eigenvalue weighted by Gasteiger charge is -2.13. The normalized spacial score (nSPS) is 12.1. The molecule has 4 nitrogen and oxygen atoms in total. The summed E-state index contributed by atoms with van der Waals surface area (Å²) in [6.45, 7) is 2.64. The first-order valence-electron chi connectivity index (χ1n) is 5.73. The van der Waals surface area contributed by atoms with Crippen LogP contribution in [0, 0.1) is 5.82 Å². The second-order valence-corrected chi connectivity index (χ2v) is 4.12. The second kappa shape index (κ2) is 5.44. The molecular formula is C13H15FN4. The van der Waals surface area contributed by atoms with Crippen LogP contribution in [0.2, 0.25) is 0 Å². The summed E-state index contributed by atoms with van der Waals surface area (Å²) in [5.41, 5.74) is 6.60. The van der Waals surface area contributed by atoms with Gasteiger partial charge in [0.25, 0.3) is 0 Å². The van der Waals surface area contributed by atoms with Crippen molar-refractivity contribution in [2.24, 2.45) is 0 Å². The van der Waals surface area contributed by atoms with Crippen molar-refractivity contribution in [2.75, 3.05) is 17.6 Å². The summed E-state index contributed by atoms with van der Waals surface area (Å²) in [6, 6.07) is 10.0. The monoisotopic (exact) mass is 246 g/mol. The molecule has 1 unspecified atom stereocenters. The number of hydrogen-bond donors (Lipinski definition) is 2. The number of benzene rings is 1. The van der Waals surface area contributed by atoms with E-state index in [1.54, 1.807) is 0 Å².